The number of anilines is 2. The molecule has 1 N–H and O–H groups in total. The molecule has 8 heteroatoms. The van der Waals surface area contributed by atoms with E-state index in [-0.39, 0.29) is 0 Å². The van der Waals surface area contributed by atoms with Crippen LogP contribution >= 0.6 is 0 Å². The molecule has 1 aromatic carbocycles. The average Bonchev–Trinajstić information content (AvgIpc) is 3.12. The SMILES string of the molecule is c1ccc(-n2nnnc2NC2CCN(c3cccnn3)CC2)cc1. The molecule has 24 heavy (non-hydrogen) atoms. The summed E-state index contributed by atoms with van der Waals surface area (Å²) in [5.74, 6) is 1.62. The highest BCUT2D eigenvalue weighted by Gasteiger charge is 2.22. The number of nitrogens with zero attached hydrogens (tertiary/aromatic N) is 7. The van der Waals surface area contributed by atoms with Gasteiger partial charge in [0.1, 0.15) is 0 Å². The molecule has 0 radical (unpaired) electrons. The molecule has 3 aromatic rings. The molecule has 0 amide bonds. The van der Waals surface area contributed by atoms with Gasteiger partial charge >= 0.3 is 0 Å². The summed E-state index contributed by atoms with van der Waals surface area (Å²) in [6.45, 7) is 1.87. The van der Waals surface area contributed by atoms with E-state index >= 15 is 0 Å². The summed E-state index contributed by atoms with van der Waals surface area (Å²) in [7, 11) is 0. The van der Waals surface area contributed by atoms with Gasteiger partial charge in [0.15, 0.2) is 5.82 Å². The molecular formula is C16H18N8. The second kappa shape index (κ2) is 6.61. The first-order chi connectivity index (χ1) is 11.9. The van der Waals surface area contributed by atoms with Crippen molar-refractivity contribution >= 4 is 11.8 Å². The van der Waals surface area contributed by atoms with Crippen molar-refractivity contribution in [2.24, 2.45) is 0 Å². The van der Waals surface area contributed by atoms with Gasteiger partial charge in [0.25, 0.3) is 0 Å². The van der Waals surface area contributed by atoms with Gasteiger partial charge in [0, 0.05) is 25.3 Å². The Labute approximate surface area is 139 Å². The summed E-state index contributed by atoms with van der Waals surface area (Å²) in [5, 5.41) is 23.6. The minimum Gasteiger partial charge on any atom is -0.355 e. The maximum atomic E-state index is 4.18. The Morgan fingerprint density at radius 2 is 1.79 bits per heavy atom. The fraction of sp³-hybridized carbons (Fsp3) is 0.312. The summed E-state index contributed by atoms with van der Waals surface area (Å²) in [6.07, 6.45) is 3.69. The van der Waals surface area contributed by atoms with Crippen LogP contribution in [0.4, 0.5) is 11.8 Å². The fourth-order valence-corrected chi connectivity index (χ4v) is 2.92. The molecule has 0 saturated carbocycles. The number of piperidine rings is 1. The van der Waals surface area contributed by atoms with Gasteiger partial charge in [-0.2, -0.15) is 9.78 Å². The Kier molecular flexibility index (Phi) is 4.01. The van der Waals surface area contributed by atoms with Gasteiger partial charge in [-0.25, -0.2) is 0 Å². The van der Waals surface area contributed by atoms with E-state index in [1.807, 2.05) is 42.5 Å². The van der Waals surface area contributed by atoms with Crippen LogP contribution in [0.3, 0.4) is 0 Å². The lowest BCUT2D eigenvalue weighted by Gasteiger charge is -2.32. The molecule has 122 valence electrons. The second-order valence-electron chi connectivity index (χ2n) is 5.74. The molecule has 0 aliphatic carbocycles. The summed E-state index contributed by atoms with van der Waals surface area (Å²) in [6, 6.07) is 14.1. The largest absolute Gasteiger partial charge is 0.355 e. The maximum absolute atomic E-state index is 4.18. The Bertz CT molecular complexity index is 765. The van der Waals surface area contributed by atoms with Gasteiger partial charge in [-0.3, -0.25) is 0 Å². The molecule has 3 heterocycles. The first kappa shape index (κ1) is 14.6. The quantitative estimate of drug-likeness (QED) is 0.779. The van der Waals surface area contributed by atoms with Crippen molar-refractivity contribution in [3.05, 3.63) is 48.7 Å². The van der Waals surface area contributed by atoms with Crippen molar-refractivity contribution in [1.29, 1.82) is 0 Å². The zero-order chi connectivity index (χ0) is 16.2. The highest BCUT2D eigenvalue weighted by Crippen LogP contribution is 2.20. The van der Waals surface area contributed by atoms with Crippen molar-refractivity contribution in [3.8, 4) is 5.69 Å². The van der Waals surface area contributed by atoms with Crippen LogP contribution in [0.5, 0.6) is 0 Å². The van der Waals surface area contributed by atoms with Crippen LogP contribution in [0.1, 0.15) is 12.8 Å². The van der Waals surface area contributed by atoms with Gasteiger partial charge in [-0.1, -0.05) is 23.3 Å². The number of aromatic nitrogens is 6. The van der Waals surface area contributed by atoms with Crippen molar-refractivity contribution in [2.75, 3.05) is 23.3 Å². The molecule has 0 spiro atoms. The topological polar surface area (TPSA) is 84.7 Å². The van der Waals surface area contributed by atoms with Crippen LogP contribution in [0, 0.1) is 0 Å². The second-order valence-corrected chi connectivity index (χ2v) is 5.74. The zero-order valence-electron chi connectivity index (χ0n) is 13.2. The van der Waals surface area contributed by atoms with Gasteiger partial charge < -0.3 is 10.2 Å². The van der Waals surface area contributed by atoms with E-state index in [1.54, 1.807) is 10.9 Å². The molecule has 1 saturated heterocycles. The molecule has 0 bridgehead atoms. The van der Waals surface area contributed by atoms with Crippen molar-refractivity contribution < 1.29 is 0 Å². The van der Waals surface area contributed by atoms with Gasteiger partial charge in [0.2, 0.25) is 5.95 Å². The smallest absolute Gasteiger partial charge is 0.247 e. The third-order valence-electron chi connectivity index (χ3n) is 4.18. The molecule has 4 rings (SSSR count). The number of para-hydroxylation sites is 1. The van der Waals surface area contributed by atoms with E-state index < -0.39 is 0 Å². The van der Waals surface area contributed by atoms with Crippen LogP contribution in [-0.2, 0) is 0 Å². The van der Waals surface area contributed by atoms with Crippen molar-refractivity contribution in [1.82, 2.24) is 30.4 Å². The van der Waals surface area contributed by atoms with E-state index in [2.05, 4.69) is 35.9 Å². The Morgan fingerprint density at radius 1 is 0.958 bits per heavy atom. The molecular weight excluding hydrogens is 304 g/mol. The van der Waals surface area contributed by atoms with E-state index in [9.17, 15) is 0 Å². The highest BCUT2D eigenvalue weighted by molar-refractivity contribution is 5.40. The zero-order valence-corrected chi connectivity index (χ0v) is 13.2. The van der Waals surface area contributed by atoms with Crippen molar-refractivity contribution in [2.45, 2.75) is 18.9 Å². The monoisotopic (exact) mass is 322 g/mol. The van der Waals surface area contributed by atoms with Crippen LogP contribution in [-0.4, -0.2) is 49.5 Å². The molecule has 0 unspecified atom stereocenters. The Morgan fingerprint density at radius 3 is 2.54 bits per heavy atom. The van der Waals surface area contributed by atoms with Crippen LogP contribution < -0.4 is 10.2 Å². The number of benzene rings is 1. The summed E-state index contributed by atoms with van der Waals surface area (Å²) < 4.78 is 1.73. The van der Waals surface area contributed by atoms with Crippen LogP contribution in [0.25, 0.3) is 5.69 Å². The number of nitrogens with one attached hydrogen (secondary N) is 1. The summed E-state index contributed by atoms with van der Waals surface area (Å²) in [4.78, 5) is 2.26. The number of rotatable bonds is 4. The molecule has 1 fully saturated rings. The highest BCUT2D eigenvalue weighted by atomic mass is 15.6. The number of tetrazole rings is 1. The van der Waals surface area contributed by atoms with E-state index in [0.29, 0.717) is 12.0 Å². The third kappa shape index (κ3) is 3.03. The lowest BCUT2D eigenvalue weighted by Crippen LogP contribution is -2.40. The summed E-state index contributed by atoms with van der Waals surface area (Å²) >= 11 is 0. The van der Waals surface area contributed by atoms with Gasteiger partial charge in [0.05, 0.1) is 5.69 Å². The maximum Gasteiger partial charge on any atom is 0.247 e. The first-order valence-corrected chi connectivity index (χ1v) is 8.03. The Balaban J connectivity index is 1.41. The van der Waals surface area contributed by atoms with Gasteiger partial charge in [-0.15, -0.1) is 5.10 Å². The molecule has 0 atom stereocenters. The van der Waals surface area contributed by atoms with Gasteiger partial charge in [-0.05, 0) is 47.5 Å². The van der Waals surface area contributed by atoms with E-state index in [4.69, 9.17) is 0 Å². The Hall–Kier alpha value is -3.03. The first-order valence-electron chi connectivity index (χ1n) is 8.03. The van der Waals surface area contributed by atoms with Crippen LogP contribution in [0.15, 0.2) is 48.7 Å². The van der Waals surface area contributed by atoms with E-state index in [1.165, 1.54) is 0 Å². The average molecular weight is 322 g/mol. The predicted molar refractivity (Wildman–Crippen MR) is 90.0 cm³/mol. The van der Waals surface area contributed by atoms with E-state index in [0.717, 1.165) is 37.4 Å². The molecule has 8 nitrogen and oxygen atoms in total. The molecule has 1 aliphatic rings. The van der Waals surface area contributed by atoms with Crippen molar-refractivity contribution in [3.63, 3.8) is 0 Å². The fourth-order valence-electron chi connectivity index (χ4n) is 2.92. The summed E-state index contributed by atoms with van der Waals surface area (Å²) in [5.41, 5.74) is 0.946. The molecule has 1 aliphatic heterocycles. The minimum atomic E-state index is 0.339. The minimum absolute atomic E-state index is 0.339. The standard InChI is InChI=1S/C16H18N8/c1-2-5-14(6-3-1)24-16(20-21-22-24)18-13-8-11-23(12-9-13)15-7-4-10-17-19-15/h1-7,10,13H,8-9,11-12H2,(H,18,20,22). The lowest BCUT2D eigenvalue weighted by atomic mass is 10.1. The normalized spacial score (nSPS) is 15.4. The molecule has 2 aromatic heterocycles. The van der Waals surface area contributed by atoms with Crippen LogP contribution in [0.2, 0.25) is 0 Å². The number of hydrogen-bond acceptors (Lipinski definition) is 7. The number of hydrogen-bond donors (Lipinski definition) is 1. The predicted octanol–water partition coefficient (Wildman–Crippen LogP) is 1.53. The lowest BCUT2D eigenvalue weighted by molar-refractivity contribution is 0.518. The third-order valence-corrected chi connectivity index (χ3v) is 4.18.